The first-order valence-corrected chi connectivity index (χ1v) is 6.69. The molecule has 0 radical (unpaired) electrons. The Kier molecular flexibility index (Phi) is 3.03. The zero-order valence-electron chi connectivity index (χ0n) is 11.1. The molecule has 2 heterocycles. The highest BCUT2D eigenvalue weighted by Crippen LogP contribution is 2.30. The largest absolute Gasteiger partial charge is 0.396 e. The van der Waals surface area contributed by atoms with Crippen molar-refractivity contribution in [1.29, 1.82) is 0 Å². The van der Waals surface area contributed by atoms with Crippen LogP contribution in [0.5, 0.6) is 0 Å². The standard InChI is InChI=1S/C15H19N3O/c1-15(7-4-8-19-15)10-18-14-11-5-2-3-6-13(11)17-9-12(14)16/h2-3,5-6,9H,4,7-8,10,16H2,1H3,(H,17,18). The molecule has 1 aliphatic rings. The van der Waals surface area contributed by atoms with Gasteiger partial charge in [0.1, 0.15) is 0 Å². The van der Waals surface area contributed by atoms with Gasteiger partial charge < -0.3 is 15.8 Å². The molecule has 3 rings (SSSR count). The van der Waals surface area contributed by atoms with Crippen molar-refractivity contribution in [2.75, 3.05) is 24.2 Å². The van der Waals surface area contributed by atoms with Gasteiger partial charge >= 0.3 is 0 Å². The number of hydrogen-bond donors (Lipinski definition) is 2. The van der Waals surface area contributed by atoms with E-state index in [1.54, 1.807) is 6.20 Å². The third-order valence-electron chi connectivity index (χ3n) is 3.74. The molecule has 1 atom stereocenters. The molecular formula is C15H19N3O. The second kappa shape index (κ2) is 4.70. The Labute approximate surface area is 113 Å². The number of nitrogens with two attached hydrogens (primary N) is 1. The molecule has 0 amide bonds. The van der Waals surface area contributed by atoms with Crippen LogP contribution in [-0.2, 0) is 4.74 Å². The van der Waals surface area contributed by atoms with Crippen molar-refractivity contribution in [3.8, 4) is 0 Å². The molecule has 0 saturated carbocycles. The first-order valence-electron chi connectivity index (χ1n) is 6.69. The summed E-state index contributed by atoms with van der Waals surface area (Å²) in [6, 6.07) is 8.02. The number of nitrogens with zero attached hydrogens (tertiary/aromatic N) is 1. The molecule has 1 unspecified atom stereocenters. The summed E-state index contributed by atoms with van der Waals surface area (Å²) in [5, 5.41) is 4.51. The van der Waals surface area contributed by atoms with E-state index in [1.165, 1.54) is 0 Å². The average molecular weight is 257 g/mol. The fraction of sp³-hybridized carbons (Fsp3) is 0.400. The van der Waals surface area contributed by atoms with Gasteiger partial charge in [0.05, 0.1) is 28.7 Å². The lowest BCUT2D eigenvalue weighted by atomic mass is 10.0. The number of aromatic nitrogens is 1. The Morgan fingerprint density at radius 3 is 3.05 bits per heavy atom. The molecule has 0 bridgehead atoms. The van der Waals surface area contributed by atoms with Crippen molar-refractivity contribution in [1.82, 2.24) is 4.98 Å². The molecule has 100 valence electrons. The van der Waals surface area contributed by atoms with Crippen LogP contribution in [0, 0.1) is 0 Å². The normalized spacial score (nSPS) is 22.8. The molecule has 19 heavy (non-hydrogen) atoms. The van der Waals surface area contributed by atoms with Gasteiger partial charge in [0.2, 0.25) is 0 Å². The highest BCUT2D eigenvalue weighted by atomic mass is 16.5. The average Bonchev–Trinajstić information content (AvgIpc) is 2.85. The fourth-order valence-electron chi connectivity index (χ4n) is 2.61. The number of rotatable bonds is 3. The maximum absolute atomic E-state index is 6.05. The van der Waals surface area contributed by atoms with Gasteiger partial charge in [0.15, 0.2) is 0 Å². The molecule has 1 aromatic carbocycles. The number of hydrogen-bond acceptors (Lipinski definition) is 4. The van der Waals surface area contributed by atoms with Crippen LogP contribution >= 0.6 is 0 Å². The predicted octanol–water partition coefficient (Wildman–Crippen LogP) is 2.80. The number of fused-ring (bicyclic) bond motifs is 1. The van der Waals surface area contributed by atoms with E-state index in [4.69, 9.17) is 10.5 Å². The van der Waals surface area contributed by atoms with Gasteiger partial charge in [0, 0.05) is 18.5 Å². The lowest BCUT2D eigenvalue weighted by molar-refractivity contribution is 0.0316. The highest BCUT2D eigenvalue weighted by Gasteiger charge is 2.29. The van der Waals surface area contributed by atoms with Crippen molar-refractivity contribution in [2.24, 2.45) is 0 Å². The number of ether oxygens (including phenoxy) is 1. The SMILES string of the molecule is CC1(CNc2c(N)cnc3ccccc23)CCCO1. The topological polar surface area (TPSA) is 60.2 Å². The number of pyridine rings is 1. The summed E-state index contributed by atoms with van der Waals surface area (Å²) in [5.74, 6) is 0. The minimum atomic E-state index is -0.0865. The predicted molar refractivity (Wildman–Crippen MR) is 78.2 cm³/mol. The van der Waals surface area contributed by atoms with Crippen LogP contribution in [0.25, 0.3) is 10.9 Å². The molecule has 4 nitrogen and oxygen atoms in total. The third kappa shape index (κ3) is 2.36. The zero-order valence-corrected chi connectivity index (χ0v) is 11.1. The second-order valence-corrected chi connectivity index (χ2v) is 5.36. The maximum atomic E-state index is 6.05. The minimum absolute atomic E-state index is 0.0865. The van der Waals surface area contributed by atoms with Crippen LogP contribution in [-0.4, -0.2) is 23.7 Å². The molecule has 1 aromatic heterocycles. The number of anilines is 2. The Balaban J connectivity index is 1.89. The van der Waals surface area contributed by atoms with Gasteiger partial charge in [-0.1, -0.05) is 18.2 Å². The van der Waals surface area contributed by atoms with Crippen molar-refractivity contribution < 1.29 is 4.74 Å². The van der Waals surface area contributed by atoms with Gasteiger partial charge in [-0.2, -0.15) is 0 Å². The van der Waals surface area contributed by atoms with Gasteiger partial charge in [-0.05, 0) is 25.8 Å². The first-order chi connectivity index (χ1) is 9.18. The van der Waals surface area contributed by atoms with Crippen LogP contribution in [0.2, 0.25) is 0 Å². The lowest BCUT2D eigenvalue weighted by Crippen LogP contribution is -2.32. The molecule has 3 N–H and O–H groups in total. The highest BCUT2D eigenvalue weighted by molar-refractivity contribution is 5.96. The Morgan fingerprint density at radius 2 is 2.26 bits per heavy atom. The van der Waals surface area contributed by atoms with E-state index in [1.807, 2.05) is 24.3 Å². The number of benzene rings is 1. The molecule has 1 aliphatic heterocycles. The van der Waals surface area contributed by atoms with Crippen molar-refractivity contribution in [2.45, 2.75) is 25.4 Å². The third-order valence-corrected chi connectivity index (χ3v) is 3.74. The van der Waals surface area contributed by atoms with Crippen LogP contribution in [0.15, 0.2) is 30.5 Å². The lowest BCUT2D eigenvalue weighted by Gasteiger charge is -2.25. The van der Waals surface area contributed by atoms with Crippen LogP contribution in [0.3, 0.4) is 0 Å². The van der Waals surface area contributed by atoms with E-state index in [-0.39, 0.29) is 5.60 Å². The van der Waals surface area contributed by atoms with E-state index in [2.05, 4.69) is 17.2 Å². The number of nitrogen functional groups attached to an aromatic ring is 1. The van der Waals surface area contributed by atoms with Crippen molar-refractivity contribution in [3.05, 3.63) is 30.5 Å². The summed E-state index contributed by atoms with van der Waals surface area (Å²) >= 11 is 0. The molecule has 4 heteroatoms. The summed E-state index contributed by atoms with van der Waals surface area (Å²) in [6.45, 7) is 3.77. The van der Waals surface area contributed by atoms with Crippen LogP contribution in [0.1, 0.15) is 19.8 Å². The van der Waals surface area contributed by atoms with Crippen molar-refractivity contribution in [3.63, 3.8) is 0 Å². The summed E-state index contributed by atoms with van der Waals surface area (Å²) in [4.78, 5) is 4.34. The summed E-state index contributed by atoms with van der Waals surface area (Å²) in [7, 11) is 0. The van der Waals surface area contributed by atoms with Crippen LogP contribution < -0.4 is 11.1 Å². The summed E-state index contributed by atoms with van der Waals surface area (Å²) in [6.07, 6.45) is 3.93. The van der Waals surface area contributed by atoms with E-state index in [0.717, 1.165) is 42.6 Å². The Hall–Kier alpha value is -1.81. The maximum Gasteiger partial charge on any atom is 0.0826 e. The van der Waals surface area contributed by atoms with E-state index < -0.39 is 0 Å². The molecule has 1 saturated heterocycles. The minimum Gasteiger partial charge on any atom is -0.396 e. The zero-order chi connectivity index (χ0) is 13.3. The molecule has 2 aromatic rings. The monoisotopic (exact) mass is 257 g/mol. The van der Waals surface area contributed by atoms with E-state index >= 15 is 0 Å². The van der Waals surface area contributed by atoms with Gasteiger partial charge in [0.25, 0.3) is 0 Å². The molecular weight excluding hydrogens is 238 g/mol. The molecule has 0 aliphatic carbocycles. The van der Waals surface area contributed by atoms with E-state index in [0.29, 0.717) is 5.69 Å². The van der Waals surface area contributed by atoms with Crippen LogP contribution in [0.4, 0.5) is 11.4 Å². The van der Waals surface area contributed by atoms with Gasteiger partial charge in [-0.25, -0.2) is 0 Å². The molecule has 0 spiro atoms. The Morgan fingerprint density at radius 1 is 1.42 bits per heavy atom. The first kappa shape index (κ1) is 12.2. The quantitative estimate of drug-likeness (QED) is 0.887. The van der Waals surface area contributed by atoms with E-state index in [9.17, 15) is 0 Å². The summed E-state index contributed by atoms with van der Waals surface area (Å²) in [5.41, 5.74) is 8.56. The van der Waals surface area contributed by atoms with Crippen molar-refractivity contribution >= 4 is 22.3 Å². The smallest absolute Gasteiger partial charge is 0.0826 e. The second-order valence-electron chi connectivity index (χ2n) is 5.36. The van der Waals surface area contributed by atoms with Gasteiger partial charge in [-0.3, -0.25) is 4.98 Å². The molecule has 1 fully saturated rings. The summed E-state index contributed by atoms with van der Waals surface area (Å²) < 4.78 is 5.80. The Bertz CT molecular complexity index is 591. The fourth-order valence-corrected chi connectivity index (χ4v) is 2.61. The van der Waals surface area contributed by atoms with Gasteiger partial charge in [-0.15, -0.1) is 0 Å². The number of nitrogens with one attached hydrogen (secondary N) is 1. The number of para-hydroxylation sites is 1.